The van der Waals surface area contributed by atoms with Gasteiger partial charge < -0.3 is 9.47 Å². The van der Waals surface area contributed by atoms with Gasteiger partial charge >= 0.3 is 5.97 Å². The summed E-state index contributed by atoms with van der Waals surface area (Å²) in [7, 11) is 1.57. The van der Waals surface area contributed by atoms with Crippen LogP contribution < -0.4 is 0 Å². The maximum atomic E-state index is 11.0. The summed E-state index contributed by atoms with van der Waals surface area (Å²) < 4.78 is 9.69. The van der Waals surface area contributed by atoms with Crippen LogP contribution in [0.3, 0.4) is 0 Å². The molecule has 3 heteroatoms. The van der Waals surface area contributed by atoms with E-state index in [0.29, 0.717) is 13.2 Å². The normalized spacial score (nSPS) is 12.6. The number of rotatable bonds is 5. The summed E-state index contributed by atoms with van der Waals surface area (Å²) in [5.41, 5.74) is 0. The number of carbonyl (C=O) groups is 1. The molecule has 0 rings (SSSR count). The van der Waals surface area contributed by atoms with Gasteiger partial charge in [0.1, 0.15) is 0 Å². The van der Waals surface area contributed by atoms with E-state index in [0.717, 1.165) is 6.42 Å². The molecule has 0 saturated carbocycles. The van der Waals surface area contributed by atoms with E-state index in [2.05, 4.69) is 0 Å². The van der Waals surface area contributed by atoms with E-state index in [1.165, 1.54) is 0 Å². The second-order valence-electron chi connectivity index (χ2n) is 2.52. The third-order valence-electron chi connectivity index (χ3n) is 1.27. The summed E-state index contributed by atoms with van der Waals surface area (Å²) >= 11 is 0. The number of hydrogen-bond donors (Lipinski definition) is 0. The zero-order chi connectivity index (χ0) is 8.69. The van der Waals surface area contributed by atoms with Gasteiger partial charge in [-0.25, -0.2) is 0 Å². The first kappa shape index (κ1) is 10.4. The number of esters is 1. The van der Waals surface area contributed by atoms with Gasteiger partial charge in [-0.1, -0.05) is 6.92 Å². The lowest BCUT2D eigenvalue weighted by Gasteiger charge is -2.08. The van der Waals surface area contributed by atoms with Gasteiger partial charge in [0.25, 0.3) is 0 Å². The van der Waals surface area contributed by atoms with E-state index >= 15 is 0 Å². The van der Waals surface area contributed by atoms with Crippen LogP contribution in [0, 0.1) is 5.92 Å². The van der Waals surface area contributed by atoms with Gasteiger partial charge in [0.2, 0.25) is 0 Å². The van der Waals surface area contributed by atoms with E-state index in [4.69, 9.17) is 9.47 Å². The summed E-state index contributed by atoms with van der Waals surface area (Å²) in [6.45, 7) is 4.70. The largest absolute Gasteiger partial charge is 0.465 e. The minimum atomic E-state index is -0.172. The highest BCUT2D eigenvalue weighted by molar-refractivity contribution is 5.72. The molecule has 66 valence electrons. The van der Waals surface area contributed by atoms with Crippen LogP contribution in [-0.2, 0) is 14.3 Å². The molecular formula is C8H16O3. The molecule has 0 amide bonds. The van der Waals surface area contributed by atoms with Crippen molar-refractivity contribution in [3.63, 3.8) is 0 Å². The highest BCUT2D eigenvalue weighted by atomic mass is 16.5. The standard InChI is InChI=1S/C8H16O3/c1-4-5-11-8(9)7(2)6-10-3/h7H,4-6H2,1-3H3. The van der Waals surface area contributed by atoms with E-state index in [-0.39, 0.29) is 11.9 Å². The fraction of sp³-hybridized carbons (Fsp3) is 0.875. The Bertz CT molecular complexity index is 112. The molecule has 0 bridgehead atoms. The summed E-state index contributed by atoms with van der Waals surface area (Å²) in [6.07, 6.45) is 0.867. The smallest absolute Gasteiger partial charge is 0.310 e. The first-order chi connectivity index (χ1) is 5.22. The van der Waals surface area contributed by atoms with Crippen molar-refractivity contribution in [2.45, 2.75) is 20.3 Å². The molecule has 0 aromatic rings. The lowest BCUT2D eigenvalue weighted by Crippen LogP contribution is -2.19. The van der Waals surface area contributed by atoms with Gasteiger partial charge in [0.05, 0.1) is 19.1 Å². The van der Waals surface area contributed by atoms with Gasteiger partial charge in [0, 0.05) is 7.11 Å². The summed E-state index contributed by atoms with van der Waals surface area (Å²) in [5, 5.41) is 0. The van der Waals surface area contributed by atoms with Crippen molar-refractivity contribution < 1.29 is 14.3 Å². The van der Waals surface area contributed by atoms with Crippen LogP contribution >= 0.6 is 0 Å². The van der Waals surface area contributed by atoms with Crippen molar-refractivity contribution in [3.8, 4) is 0 Å². The number of ether oxygens (including phenoxy) is 2. The Hall–Kier alpha value is -0.570. The van der Waals surface area contributed by atoms with E-state index in [9.17, 15) is 4.79 Å². The van der Waals surface area contributed by atoms with E-state index in [1.54, 1.807) is 14.0 Å². The number of hydrogen-bond acceptors (Lipinski definition) is 3. The first-order valence-electron chi connectivity index (χ1n) is 3.88. The Morgan fingerprint density at radius 2 is 2.18 bits per heavy atom. The molecule has 1 unspecified atom stereocenters. The molecule has 0 aromatic heterocycles. The van der Waals surface area contributed by atoms with Crippen molar-refractivity contribution in [1.82, 2.24) is 0 Å². The third kappa shape index (κ3) is 4.79. The highest BCUT2D eigenvalue weighted by Crippen LogP contribution is 1.98. The predicted molar refractivity (Wildman–Crippen MR) is 42.3 cm³/mol. The van der Waals surface area contributed by atoms with Gasteiger partial charge in [-0.3, -0.25) is 4.79 Å². The van der Waals surface area contributed by atoms with E-state index < -0.39 is 0 Å². The number of methoxy groups -OCH3 is 1. The zero-order valence-electron chi connectivity index (χ0n) is 7.42. The van der Waals surface area contributed by atoms with Gasteiger partial charge in [-0.2, -0.15) is 0 Å². The van der Waals surface area contributed by atoms with Gasteiger partial charge in [-0.15, -0.1) is 0 Å². The second kappa shape index (κ2) is 6.16. The van der Waals surface area contributed by atoms with Crippen LogP contribution in [0.4, 0.5) is 0 Å². The fourth-order valence-electron chi connectivity index (χ4n) is 0.663. The molecule has 0 N–H and O–H groups in total. The van der Waals surface area contributed by atoms with Crippen molar-refractivity contribution in [2.24, 2.45) is 5.92 Å². The molecule has 11 heavy (non-hydrogen) atoms. The Balaban J connectivity index is 3.47. The molecule has 0 spiro atoms. The van der Waals surface area contributed by atoms with Gasteiger partial charge in [-0.05, 0) is 13.3 Å². The molecule has 1 atom stereocenters. The molecule has 0 aliphatic carbocycles. The SMILES string of the molecule is CCCOC(=O)C(C)COC. The summed E-state index contributed by atoms with van der Waals surface area (Å²) in [4.78, 5) is 11.0. The Kier molecular flexibility index (Phi) is 5.84. The van der Waals surface area contributed by atoms with Crippen LogP contribution in [0.2, 0.25) is 0 Å². The van der Waals surface area contributed by atoms with Crippen molar-refractivity contribution in [3.05, 3.63) is 0 Å². The molecular weight excluding hydrogens is 144 g/mol. The Labute approximate surface area is 67.7 Å². The maximum Gasteiger partial charge on any atom is 0.310 e. The molecule has 0 radical (unpaired) electrons. The average Bonchev–Trinajstić information content (AvgIpc) is 2.00. The minimum Gasteiger partial charge on any atom is -0.465 e. The average molecular weight is 160 g/mol. The fourth-order valence-corrected chi connectivity index (χ4v) is 0.663. The molecule has 0 aromatic carbocycles. The molecule has 0 aliphatic rings. The second-order valence-corrected chi connectivity index (χ2v) is 2.52. The highest BCUT2D eigenvalue weighted by Gasteiger charge is 2.12. The van der Waals surface area contributed by atoms with Crippen molar-refractivity contribution >= 4 is 5.97 Å². The zero-order valence-corrected chi connectivity index (χ0v) is 7.42. The van der Waals surface area contributed by atoms with Gasteiger partial charge in [0.15, 0.2) is 0 Å². The van der Waals surface area contributed by atoms with Crippen molar-refractivity contribution in [2.75, 3.05) is 20.3 Å². The molecule has 0 saturated heterocycles. The topological polar surface area (TPSA) is 35.5 Å². The Morgan fingerprint density at radius 1 is 1.55 bits per heavy atom. The van der Waals surface area contributed by atoms with E-state index in [1.807, 2.05) is 6.92 Å². The summed E-state index contributed by atoms with van der Waals surface area (Å²) in [6, 6.07) is 0. The number of carbonyl (C=O) groups excluding carboxylic acids is 1. The molecule has 0 heterocycles. The van der Waals surface area contributed by atoms with Crippen LogP contribution in [0.5, 0.6) is 0 Å². The maximum absolute atomic E-state index is 11.0. The minimum absolute atomic E-state index is 0.147. The molecule has 3 nitrogen and oxygen atoms in total. The van der Waals surface area contributed by atoms with Crippen LogP contribution in [0.25, 0.3) is 0 Å². The Morgan fingerprint density at radius 3 is 2.64 bits per heavy atom. The monoisotopic (exact) mass is 160 g/mol. The molecule has 0 fully saturated rings. The predicted octanol–water partition coefficient (Wildman–Crippen LogP) is 1.22. The lowest BCUT2D eigenvalue weighted by atomic mass is 10.2. The van der Waals surface area contributed by atoms with Crippen molar-refractivity contribution in [1.29, 1.82) is 0 Å². The van der Waals surface area contributed by atoms with Crippen LogP contribution in [0.15, 0.2) is 0 Å². The van der Waals surface area contributed by atoms with Crippen LogP contribution in [0.1, 0.15) is 20.3 Å². The lowest BCUT2D eigenvalue weighted by molar-refractivity contribution is -0.149. The van der Waals surface area contributed by atoms with Crippen LogP contribution in [-0.4, -0.2) is 26.3 Å². The molecule has 0 aliphatic heterocycles. The summed E-state index contributed by atoms with van der Waals surface area (Å²) in [5.74, 6) is -0.319. The quantitative estimate of drug-likeness (QED) is 0.567. The first-order valence-corrected chi connectivity index (χ1v) is 3.88. The third-order valence-corrected chi connectivity index (χ3v) is 1.27.